The van der Waals surface area contributed by atoms with E-state index >= 15 is 0 Å². The third kappa shape index (κ3) is 3.46. The largest absolute Gasteiger partial charge is 0.506 e. The van der Waals surface area contributed by atoms with Crippen molar-refractivity contribution < 1.29 is 14.6 Å². The van der Waals surface area contributed by atoms with Crippen LogP contribution in [0, 0.1) is 0 Å². The van der Waals surface area contributed by atoms with E-state index in [1.807, 2.05) is 66.7 Å². The average Bonchev–Trinajstić information content (AvgIpc) is 2.71. The van der Waals surface area contributed by atoms with Gasteiger partial charge >= 0.3 is 0 Å². The summed E-state index contributed by atoms with van der Waals surface area (Å²) in [6.07, 6.45) is 0. The van der Waals surface area contributed by atoms with Crippen molar-refractivity contribution in [3.05, 3.63) is 96.6 Å². The number of rotatable bonds is 4. The number of hydrogen-bond acceptors (Lipinski definition) is 3. The number of carbonyl (C=O) groups is 1. The van der Waals surface area contributed by atoms with Crippen LogP contribution < -0.4 is 10.1 Å². The maximum Gasteiger partial charge on any atom is 0.259 e. The monoisotopic (exact) mass is 355 g/mol. The minimum absolute atomic E-state index is 0.0351. The number of benzene rings is 4. The molecule has 0 atom stereocenters. The van der Waals surface area contributed by atoms with Crippen LogP contribution >= 0.6 is 0 Å². The summed E-state index contributed by atoms with van der Waals surface area (Å²) >= 11 is 0. The molecule has 0 saturated heterocycles. The number of phenolic OH excluding ortho intramolecular Hbond substituents is 1. The van der Waals surface area contributed by atoms with Gasteiger partial charge in [0.2, 0.25) is 0 Å². The summed E-state index contributed by atoms with van der Waals surface area (Å²) in [6.45, 7) is 0. The molecule has 4 aromatic rings. The molecule has 0 aliphatic rings. The fourth-order valence-corrected chi connectivity index (χ4v) is 2.90. The lowest BCUT2D eigenvalue weighted by molar-refractivity contribution is 0.102. The summed E-state index contributed by atoms with van der Waals surface area (Å²) in [6, 6.07) is 27.4. The van der Waals surface area contributed by atoms with Gasteiger partial charge in [0.25, 0.3) is 5.91 Å². The van der Waals surface area contributed by atoms with Crippen molar-refractivity contribution >= 4 is 22.4 Å². The molecular weight excluding hydrogens is 338 g/mol. The highest BCUT2D eigenvalue weighted by molar-refractivity contribution is 6.10. The van der Waals surface area contributed by atoms with E-state index in [1.54, 1.807) is 24.3 Å². The smallest absolute Gasteiger partial charge is 0.259 e. The lowest BCUT2D eigenvalue weighted by Gasteiger charge is -2.13. The van der Waals surface area contributed by atoms with E-state index in [0.29, 0.717) is 22.6 Å². The van der Waals surface area contributed by atoms with Crippen LogP contribution in [-0.4, -0.2) is 11.0 Å². The fraction of sp³-hybridized carbons (Fsp3) is 0. The number of fused-ring (bicyclic) bond motifs is 1. The van der Waals surface area contributed by atoms with E-state index in [4.69, 9.17) is 4.74 Å². The van der Waals surface area contributed by atoms with Gasteiger partial charge in [0, 0.05) is 5.39 Å². The van der Waals surface area contributed by atoms with Gasteiger partial charge in [-0.05, 0) is 35.7 Å². The van der Waals surface area contributed by atoms with Crippen LogP contribution in [0.3, 0.4) is 0 Å². The first-order valence-electron chi connectivity index (χ1n) is 8.56. The van der Waals surface area contributed by atoms with Gasteiger partial charge < -0.3 is 15.2 Å². The Bertz CT molecular complexity index is 1110. The number of nitrogens with one attached hydrogen (secondary N) is 1. The van der Waals surface area contributed by atoms with Gasteiger partial charge in [-0.1, -0.05) is 60.7 Å². The summed E-state index contributed by atoms with van der Waals surface area (Å²) < 4.78 is 5.87. The van der Waals surface area contributed by atoms with Gasteiger partial charge in [-0.25, -0.2) is 0 Å². The molecule has 1 amide bonds. The molecule has 0 fully saturated rings. The molecule has 0 aliphatic heterocycles. The Hall–Kier alpha value is -3.79. The highest BCUT2D eigenvalue weighted by Crippen LogP contribution is 2.32. The number of para-hydroxylation sites is 3. The quantitative estimate of drug-likeness (QED) is 0.502. The number of hydrogen-bond donors (Lipinski definition) is 2. The molecule has 0 radical (unpaired) electrons. The number of amides is 1. The van der Waals surface area contributed by atoms with Crippen LogP contribution in [0.15, 0.2) is 91.0 Å². The van der Waals surface area contributed by atoms with E-state index < -0.39 is 5.91 Å². The molecular formula is C23H17NO3. The van der Waals surface area contributed by atoms with Gasteiger partial charge in [0.1, 0.15) is 11.5 Å². The Morgan fingerprint density at radius 2 is 1.48 bits per heavy atom. The summed E-state index contributed by atoms with van der Waals surface area (Å²) in [5.74, 6) is 0.763. The Kier molecular flexibility index (Phi) is 4.45. The van der Waals surface area contributed by atoms with E-state index in [-0.39, 0.29) is 11.3 Å². The number of carbonyl (C=O) groups excluding carboxylic acids is 1. The first kappa shape index (κ1) is 16.7. The fourth-order valence-electron chi connectivity index (χ4n) is 2.90. The molecule has 0 unspecified atom stereocenters. The number of aromatic hydroxyl groups is 1. The predicted octanol–water partition coefficient (Wildman–Crippen LogP) is 5.59. The maximum atomic E-state index is 12.8. The zero-order chi connectivity index (χ0) is 18.6. The Labute approximate surface area is 156 Å². The lowest BCUT2D eigenvalue weighted by Crippen LogP contribution is -2.12. The normalized spacial score (nSPS) is 10.5. The van der Waals surface area contributed by atoms with Crippen LogP contribution in [0.1, 0.15) is 10.4 Å². The van der Waals surface area contributed by atoms with Gasteiger partial charge in [0.15, 0.2) is 5.75 Å². The standard InChI is InChI=1S/C23H17NO3/c25-22-18-11-5-4-8-16(18)14-15-19(22)23(26)24-20-12-6-7-13-21(20)27-17-9-2-1-3-10-17/h1-15,25H,(H,24,26). The van der Waals surface area contributed by atoms with Crippen LogP contribution in [-0.2, 0) is 0 Å². The van der Waals surface area contributed by atoms with Crippen molar-refractivity contribution in [1.82, 2.24) is 0 Å². The molecule has 0 spiro atoms. The third-order valence-corrected chi connectivity index (χ3v) is 4.25. The topological polar surface area (TPSA) is 58.6 Å². The zero-order valence-corrected chi connectivity index (χ0v) is 14.4. The summed E-state index contributed by atoms with van der Waals surface area (Å²) in [5.41, 5.74) is 0.738. The van der Waals surface area contributed by atoms with Crippen LogP contribution in [0.25, 0.3) is 10.8 Å². The Morgan fingerprint density at radius 1 is 0.778 bits per heavy atom. The summed E-state index contributed by atoms with van der Waals surface area (Å²) in [5, 5.41) is 14.9. The zero-order valence-electron chi connectivity index (χ0n) is 14.4. The number of phenols is 1. The van der Waals surface area contributed by atoms with Gasteiger partial charge in [-0.3, -0.25) is 4.79 Å². The molecule has 0 aromatic heterocycles. The summed E-state index contributed by atoms with van der Waals surface area (Å²) in [7, 11) is 0. The number of ether oxygens (including phenoxy) is 1. The van der Waals surface area contributed by atoms with Crippen LogP contribution in [0.4, 0.5) is 5.69 Å². The van der Waals surface area contributed by atoms with Gasteiger partial charge in [-0.2, -0.15) is 0 Å². The first-order chi connectivity index (χ1) is 13.2. The Morgan fingerprint density at radius 3 is 2.33 bits per heavy atom. The molecule has 4 rings (SSSR count). The molecule has 132 valence electrons. The van der Waals surface area contributed by atoms with Crippen LogP contribution in [0.2, 0.25) is 0 Å². The molecule has 27 heavy (non-hydrogen) atoms. The van der Waals surface area contributed by atoms with Crippen molar-refractivity contribution in [2.45, 2.75) is 0 Å². The van der Waals surface area contributed by atoms with E-state index in [2.05, 4.69) is 5.32 Å². The first-order valence-corrected chi connectivity index (χ1v) is 8.56. The van der Waals surface area contributed by atoms with Crippen molar-refractivity contribution in [3.8, 4) is 17.2 Å². The van der Waals surface area contributed by atoms with Crippen molar-refractivity contribution in [1.29, 1.82) is 0 Å². The summed E-state index contributed by atoms with van der Waals surface area (Å²) in [4.78, 5) is 12.8. The molecule has 0 bridgehead atoms. The van der Waals surface area contributed by atoms with E-state index in [9.17, 15) is 9.90 Å². The lowest BCUT2D eigenvalue weighted by atomic mass is 10.0. The SMILES string of the molecule is O=C(Nc1ccccc1Oc1ccccc1)c1ccc2ccccc2c1O. The Balaban J connectivity index is 1.63. The molecule has 4 aromatic carbocycles. The highest BCUT2D eigenvalue weighted by atomic mass is 16.5. The maximum absolute atomic E-state index is 12.8. The molecule has 4 nitrogen and oxygen atoms in total. The highest BCUT2D eigenvalue weighted by Gasteiger charge is 2.15. The van der Waals surface area contributed by atoms with Crippen molar-refractivity contribution in [2.24, 2.45) is 0 Å². The van der Waals surface area contributed by atoms with E-state index in [1.165, 1.54) is 0 Å². The molecule has 2 N–H and O–H groups in total. The second-order valence-corrected chi connectivity index (χ2v) is 6.05. The minimum Gasteiger partial charge on any atom is -0.506 e. The number of anilines is 1. The third-order valence-electron chi connectivity index (χ3n) is 4.25. The predicted molar refractivity (Wildman–Crippen MR) is 107 cm³/mol. The molecule has 0 saturated carbocycles. The second kappa shape index (κ2) is 7.22. The second-order valence-electron chi connectivity index (χ2n) is 6.05. The van der Waals surface area contributed by atoms with Crippen molar-refractivity contribution in [2.75, 3.05) is 5.32 Å². The van der Waals surface area contributed by atoms with E-state index in [0.717, 1.165) is 5.39 Å². The molecule has 0 aliphatic carbocycles. The van der Waals surface area contributed by atoms with Crippen molar-refractivity contribution in [3.63, 3.8) is 0 Å². The minimum atomic E-state index is -0.401. The average molecular weight is 355 g/mol. The van der Waals surface area contributed by atoms with Crippen LogP contribution in [0.5, 0.6) is 17.2 Å². The van der Waals surface area contributed by atoms with Gasteiger partial charge in [0.05, 0.1) is 11.3 Å². The van der Waals surface area contributed by atoms with Gasteiger partial charge in [-0.15, -0.1) is 0 Å². The molecule has 4 heteroatoms. The molecule has 0 heterocycles.